The summed E-state index contributed by atoms with van der Waals surface area (Å²) in [5.74, 6) is 0.903. The molecule has 0 atom stereocenters. The van der Waals surface area contributed by atoms with Crippen molar-refractivity contribution in [1.29, 1.82) is 5.26 Å². The lowest BCUT2D eigenvalue weighted by molar-refractivity contribution is 0.310. The van der Waals surface area contributed by atoms with Crippen molar-refractivity contribution in [1.82, 2.24) is 4.57 Å². The van der Waals surface area contributed by atoms with Gasteiger partial charge in [-0.25, -0.2) is 0 Å². The highest BCUT2D eigenvalue weighted by molar-refractivity contribution is 5.86. The predicted molar refractivity (Wildman–Crippen MR) is 87.6 cm³/mol. The first-order chi connectivity index (χ1) is 10.9. The van der Waals surface area contributed by atoms with E-state index in [2.05, 4.69) is 41.1 Å². The Bertz CT molecular complexity index is 784. The minimum absolute atomic E-state index is 0.569. The van der Waals surface area contributed by atoms with Gasteiger partial charge in [0.25, 0.3) is 0 Å². The van der Waals surface area contributed by atoms with E-state index in [-0.39, 0.29) is 0 Å². The fourth-order valence-electron chi connectivity index (χ4n) is 2.58. The second kappa shape index (κ2) is 6.82. The molecule has 0 aliphatic carbocycles. The Balaban J connectivity index is 1.77. The molecule has 2 aromatic carbocycles. The number of hydrogen-bond donors (Lipinski definition) is 0. The molecule has 0 aliphatic rings. The summed E-state index contributed by atoms with van der Waals surface area (Å²) >= 11 is 0. The van der Waals surface area contributed by atoms with E-state index in [0.717, 1.165) is 35.2 Å². The van der Waals surface area contributed by atoms with Crippen molar-refractivity contribution >= 4 is 10.9 Å². The largest absolute Gasteiger partial charge is 0.488 e. The van der Waals surface area contributed by atoms with E-state index >= 15 is 0 Å². The van der Waals surface area contributed by atoms with Crippen molar-refractivity contribution in [2.24, 2.45) is 0 Å². The molecule has 0 unspecified atom stereocenters. The van der Waals surface area contributed by atoms with Gasteiger partial charge < -0.3 is 9.30 Å². The van der Waals surface area contributed by atoms with E-state index in [9.17, 15) is 0 Å². The van der Waals surface area contributed by atoms with E-state index in [1.165, 1.54) is 0 Å². The Hall–Kier alpha value is -2.73. The molecule has 0 saturated carbocycles. The molecule has 0 radical (unpaired) electrons. The van der Waals surface area contributed by atoms with Crippen molar-refractivity contribution in [3.63, 3.8) is 0 Å². The summed E-state index contributed by atoms with van der Waals surface area (Å²) in [6, 6.07) is 20.6. The highest BCUT2D eigenvalue weighted by atomic mass is 16.5. The quantitative estimate of drug-likeness (QED) is 0.626. The molecule has 110 valence electrons. The van der Waals surface area contributed by atoms with Crippen molar-refractivity contribution < 1.29 is 4.74 Å². The van der Waals surface area contributed by atoms with Gasteiger partial charge in [-0.1, -0.05) is 36.4 Å². The monoisotopic (exact) mass is 290 g/mol. The molecule has 3 heteroatoms. The van der Waals surface area contributed by atoms with Crippen LogP contribution in [-0.2, 0) is 13.2 Å². The summed E-state index contributed by atoms with van der Waals surface area (Å²) in [7, 11) is 0. The Morgan fingerprint density at radius 3 is 2.68 bits per heavy atom. The Kier molecular flexibility index (Phi) is 4.41. The van der Waals surface area contributed by atoms with Gasteiger partial charge in [0.1, 0.15) is 12.4 Å². The fourth-order valence-corrected chi connectivity index (χ4v) is 2.58. The second-order valence-corrected chi connectivity index (χ2v) is 5.23. The first-order valence-electron chi connectivity index (χ1n) is 7.50. The van der Waals surface area contributed by atoms with Gasteiger partial charge in [0.05, 0.1) is 11.6 Å². The van der Waals surface area contributed by atoms with Gasteiger partial charge >= 0.3 is 0 Å². The number of rotatable bonds is 6. The SMILES string of the molecule is N#CCCCn1ccc2c(OCc3ccccc3)cccc21. The molecule has 0 spiro atoms. The topological polar surface area (TPSA) is 38.0 Å². The van der Waals surface area contributed by atoms with Crippen LogP contribution in [0, 0.1) is 11.3 Å². The molecule has 1 aromatic heterocycles. The zero-order valence-corrected chi connectivity index (χ0v) is 12.4. The molecule has 0 N–H and O–H groups in total. The maximum atomic E-state index is 8.65. The van der Waals surface area contributed by atoms with E-state index < -0.39 is 0 Å². The lowest BCUT2D eigenvalue weighted by Crippen LogP contribution is -1.97. The number of aryl methyl sites for hydroxylation is 1. The van der Waals surface area contributed by atoms with Crippen molar-refractivity contribution in [3.8, 4) is 11.8 Å². The molecule has 0 amide bonds. The molecule has 1 heterocycles. The van der Waals surface area contributed by atoms with Gasteiger partial charge in [-0.2, -0.15) is 5.26 Å². The maximum Gasteiger partial charge on any atom is 0.129 e. The van der Waals surface area contributed by atoms with E-state index in [1.54, 1.807) is 0 Å². The molecule has 22 heavy (non-hydrogen) atoms. The molecule has 3 rings (SSSR count). The fraction of sp³-hybridized carbons (Fsp3) is 0.211. The smallest absolute Gasteiger partial charge is 0.129 e. The van der Waals surface area contributed by atoms with Crippen molar-refractivity contribution in [2.75, 3.05) is 0 Å². The van der Waals surface area contributed by atoms with Crippen LogP contribution < -0.4 is 4.74 Å². The average molecular weight is 290 g/mol. The van der Waals surface area contributed by atoms with Gasteiger partial charge in [-0.05, 0) is 30.2 Å². The number of benzene rings is 2. The lowest BCUT2D eigenvalue weighted by Gasteiger charge is -2.09. The Labute approximate surface area is 130 Å². The lowest BCUT2D eigenvalue weighted by atomic mass is 10.2. The van der Waals surface area contributed by atoms with Crippen LogP contribution >= 0.6 is 0 Å². The summed E-state index contributed by atoms with van der Waals surface area (Å²) in [5.41, 5.74) is 2.32. The van der Waals surface area contributed by atoms with E-state index in [0.29, 0.717) is 13.0 Å². The van der Waals surface area contributed by atoms with Crippen LogP contribution in [-0.4, -0.2) is 4.57 Å². The summed E-state index contributed by atoms with van der Waals surface area (Å²) in [5, 5.41) is 9.77. The number of fused-ring (bicyclic) bond motifs is 1. The highest BCUT2D eigenvalue weighted by Gasteiger charge is 2.06. The standard InChI is InChI=1S/C19H18N2O/c20-12-4-5-13-21-14-11-17-18(21)9-6-10-19(17)22-15-16-7-2-1-3-8-16/h1-3,6-11,14H,4-5,13,15H2. The second-order valence-electron chi connectivity index (χ2n) is 5.23. The van der Waals surface area contributed by atoms with Crippen LogP contribution in [0.2, 0.25) is 0 Å². The number of ether oxygens (including phenoxy) is 1. The average Bonchev–Trinajstić information content (AvgIpc) is 2.98. The Morgan fingerprint density at radius 2 is 1.86 bits per heavy atom. The normalized spacial score (nSPS) is 10.5. The van der Waals surface area contributed by atoms with Gasteiger partial charge in [0.15, 0.2) is 0 Å². The zero-order valence-electron chi connectivity index (χ0n) is 12.4. The number of aromatic nitrogens is 1. The first kappa shape index (κ1) is 14.2. The zero-order chi connectivity index (χ0) is 15.2. The number of nitriles is 1. The molecule has 0 bridgehead atoms. The van der Waals surface area contributed by atoms with Crippen LogP contribution in [0.3, 0.4) is 0 Å². The Morgan fingerprint density at radius 1 is 1.00 bits per heavy atom. The van der Waals surface area contributed by atoms with Crippen LogP contribution in [0.25, 0.3) is 10.9 Å². The highest BCUT2D eigenvalue weighted by Crippen LogP contribution is 2.27. The molecule has 0 saturated heterocycles. The molecule has 3 aromatic rings. The predicted octanol–water partition coefficient (Wildman–Crippen LogP) is 4.52. The third kappa shape index (κ3) is 3.12. The molecular weight excluding hydrogens is 272 g/mol. The number of unbranched alkanes of at least 4 members (excludes halogenated alkanes) is 1. The van der Waals surface area contributed by atoms with Gasteiger partial charge in [0.2, 0.25) is 0 Å². The number of hydrogen-bond acceptors (Lipinski definition) is 2. The van der Waals surface area contributed by atoms with Crippen molar-refractivity contribution in [3.05, 3.63) is 66.4 Å². The summed E-state index contributed by atoms with van der Waals surface area (Å²) in [6.45, 7) is 1.43. The maximum absolute atomic E-state index is 8.65. The third-order valence-corrected chi connectivity index (χ3v) is 3.70. The first-order valence-corrected chi connectivity index (χ1v) is 7.50. The molecular formula is C19H18N2O. The number of nitrogens with zero attached hydrogens (tertiary/aromatic N) is 2. The molecule has 3 nitrogen and oxygen atoms in total. The van der Waals surface area contributed by atoms with Crippen LogP contribution in [0.5, 0.6) is 5.75 Å². The van der Waals surface area contributed by atoms with Gasteiger partial charge in [0, 0.05) is 24.5 Å². The van der Waals surface area contributed by atoms with Crippen LogP contribution in [0.4, 0.5) is 0 Å². The summed E-state index contributed by atoms with van der Waals surface area (Å²) in [6.07, 6.45) is 3.52. The van der Waals surface area contributed by atoms with Gasteiger partial charge in [-0.3, -0.25) is 0 Å². The third-order valence-electron chi connectivity index (χ3n) is 3.70. The summed E-state index contributed by atoms with van der Waals surface area (Å²) in [4.78, 5) is 0. The minimum Gasteiger partial charge on any atom is -0.488 e. The molecule has 0 fully saturated rings. The van der Waals surface area contributed by atoms with E-state index in [1.807, 2.05) is 30.3 Å². The van der Waals surface area contributed by atoms with Crippen LogP contribution in [0.15, 0.2) is 60.8 Å². The summed E-state index contributed by atoms with van der Waals surface area (Å²) < 4.78 is 8.16. The van der Waals surface area contributed by atoms with Crippen molar-refractivity contribution in [2.45, 2.75) is 26.0 Å². The van der Waals surface area contributed by atoms with Gasteiger partial charge in [-0.15, -0.1) is 0 Å². The molecule has 0 aliphatic heterocycles. The van der Waals surface area contributed by atoms with Crippen LogP contribution in [0.1, 0.15) is 18.4 Å². The van der Waals surface area contributed by atoms with E-state index in [4.69, 9.17) is 10.00 Å². The minimum atomic E-state index is 0.569.